The highest BCUT2D eigenvalue weighted by atomic mass is 16.4. The van der Waals surface area contributed by atoms with Crippen molar-refractivity contribution in [2.45, 2.75) is 38.1 Å². The topological polar surface area (TPSA) is 98.7 Å². The fourth-order valence-corrected chi connectivity index (χ4v) is 2.45. The summed E-state index contributed by atoms with van der Waals surface area (Å²) >= 11 is 0. The van der Waals surface area contributed by atoms with Crippen molar-refractivity contribution in [2.75, 3.05) is 0 Å². The molecular weight excluding hydrogens is 272 g/mol. The highest BCUT2D eigenvalue weighted by Crippen LogP contribution is 2.22. The Morgan fingerprint density at radius 2 is 1.52 bits per heavy atom. The van der Waals surface area contributed by atoms with E-state index >= 15 is 0 Å². The van der Waals surface area contributed by atoms with Crippen molar-refractivity contribution in [3.05, 3.63) is 35.9 Å². The first-order valence-electron chi connectivity index (χ1n) is 6.89. The Hall–Kier alpha value is -1.92. The Morgan fingerprint density at radius 3 is 2.10 bits per heavy atom. The number of benzene rings is 1. The van der Waals surface area contributed by atoms with Crippen LogP contribution in [0.3, 0.4) is 0 Å². The predicted octanol–water partition coefficient (Wildman–Crippen LogP) is -0.102. The normalized spacial score (nSPS) is 29.2. The minimum atomic E-state index is -2.05. The summed E-state index contributed by atoms with van der Waals surface area (Å²) in [6.07, 6.45) is 0.00909. The smallest absolute Gasteiger partial charge is 0.276 e. The maximum atomic E-state index is 12.1. The van der Waals surface area contributed by atoms with E-state index in [1.165, 1.54) is 0 Å². The van der Waals surface area contributed by atoms with Crippen LogP contribution in [0, 0.1) is 5.92 Å². The molecule has 2 rings (SSSR count). The van der Waals surface area contributed by atoms with Crippen LogP contribution in [-0.4, -0.2) is 33.5 Å². The minimum Gasteiger partial charge on any atom is -0.363 e. The number of piperazine rings is 1. The lowest BCUT2D eigenvalue weighted by atomic mass is 9.92. The number of rotatable bonds is 4. The van der Waals surface area contributed by atoms with Crippen molar-refractivity contribution in [3.8, 4) is 0 Å². The number of amides is 2. The van der Waals surface area contributed by atoms with E-state index in [9.17, 15) is 19.8 Å². The highest BCUT2D eigenvalue weighted by molar-refractivity contribution is 6.00. The molecule has 2 atom stereocenters. The number of hydrogen-bond acceptors (Lipinski definition) is 4. The molecule has 0 aromatic heterocycles. The third-order valence-corrected chi connectivity index (χ3v) is 3.40. The molecule has 2 unspecified atom stereocenters. The zero-order valence-electron chi connectivity index (χ0n) is 12.1. The fraction of sp³-hybridized carbons (Fsp3) is 0.467. The molecular formula is C15H20N2O4. The molecule has 1 saturated heterocycles. The van der Waals surface area contributed by atoms with Crippen molar-refractivity contribution >= 4 is 11.8 Å². The van der Waals surface area contributed by atoms with E-state index < -0.39 is 23.3 Å². The summed E-state index contributed by atoms with van der Waals surface area (Å²) in [5, 5.41) is 25.1. The van der Waals surface area contributed by atoms with Crippen LogP contribution in [0.15, 0.2) is 30.3 Å². The van der Waals surface area contributed by atoms with Gasteiger partial charge in [-0.1, -0.05) is 44.2 Å². The first-order valence-corrected chi connectivity index (χ1v) is 6.89. The van der Waals surface area contributed by atoms with Crippen molar-refractivity contribution in [1.82, 2.24) is 10.6 Å². The molecule has 1 aliphatic heterocycles. The molecule has 4 N–H and O–H groups in total. The Bertz CT molecular complexity index is 546. The number of aliphatic hydroxyl groups is 2. The van der Waals surface area contributed by atoms with Gasteiger partial charge in [-0.05, 0) is 11.5 Å². The van der Waals surface area contributed by atoms with Crippen molar-refractivity contribution in [1.29, 1.82) is 0 Å². The molecule has 1 fully saturated rings. The second-order valence-corrected chi connectivity index (χ2v) is 5.89. The molecule has 6 heteroatoms. The van der Waals surface area contributed by atoms with E-state index in [4.69, 9.17) is 0 Å². The average Bonchev–Trinajstić information content (AvgIpc) is 2.37. The standard InChI is InChI=1S/C15H20N2O4/c1-10(2)8-14(20)12(18)17-15(21,13(19)16-14)9-11-6-4-3-5-7-11/h3-7,10,20-21H,8-9H2,1-2H3,(H,16,19)(H,17,18). The average molecular weight is 292 g/mol. The van der Waals surface area contributed by atoms with E-state index in [0.717, 1.165) is 0 Å². The molecule has 0 saturated carbocycles. The molecule has 1 aromatic carbocycles. The molecule has 0 aliphatic carbocycles. The van der Waals surface area contributed by atoms with Crippen LogP contribution in [0.1, 0.15) is 25.8 Å². The van der Waals surface area contributed by atoms with E-state index in [-0.39, 0.29) is 18.8 Å². The second-order valence-electron chi connectivity index (χ2n) is 5.89. The molecule has 1 aromatic rings. The lowest BCUT2D eigenvalue weighted by Crippen LogP contribution is -2.76. The van der Waals surface area contributed by atoms with Gasteiger partial charge in [-0.3, -0.25) is 9.59 Å². The number of carbonyl (C=O) groups excluding carboxylic acids is 2. The Balaban J connectivity index is 2.18. The van der Waals surface area contributed by atoms with Gasteiger partial charge < -0.3 is 20.8 Å². The van der Waals surface area contributed by atoms with Crippen molar-refractivity contribution in [2.24, 2.45) is 5.92 Å². The summed E-state index contributed by atoms with van der Waals surface area (Å²) in [4.78, 5) is 24.2. The first kappa shape index (κ1) is 15.5. The Morgan fingerprint density at radius 1 is 1.00 bits per heavy atom. The number of nitrogens with one attached hydrogen (secondary N) is 2. The molecule has 21 heavy (non-hydrogen) atoms. The monoisotopic (exact) mass is 292 g/mol. The molecule has 0 bridgehead atoms. The number of carbonyl (C=O) groups is 2. The maximum absolute atomic E-state index is 12.1. The van der Waals surface area contributed by atoms with Crippen LogP contribution in [0.25, 0.3) is 0 Å². The number of hydrogen-bond donors (Lipinski definition) is 4. The molecule has 0 radical (unpaired) electrons. The molecule has 6 nitrogen and oxygen atoms in total. The third kappa shape index (κ3) is 3.22. The predicted molar refractivity (Wildman–Crippen MR) is 75.8 cm³/mol. The van der Waals surface area contributed by atoms with E-state index in [2.05, 4.69) is 10.6 Å². The summed E-state index contributed by atoms with van der Waals surface area (Å²) in [6, 6.07) is 8.85. The van der Waals surface area contributed by atoms with Gasteiger partial charge >= 0.3 is 0 Å². The van der Waals surface area contributed by atoms with Crippen molar-refractivity contribution < 1.29 is 19.8 Å². The van der Waals surface area contributed by atoms with Gasteiger partial charge in [0, 0.05) is 12.8 Å². The van der Waals surface area contributed by atoms with Crippen LogP contribution >= 0.6 is 0 Å². The fourth-order valence-electron chi connectivity index (χ4n) is 2.45. The van der Waals surface area contributed by atoms with Crippen LogP contribution in [0.2, 0.25) is 0 Å². The zero-order chi connectivity index (χ0) is 15.7. The van der Waals surface area contributed by atoms with Gasteiger partial charge in [0.05, 0.1) is 0 Å². The van der Waals surface area contributed by atoms with Gasteiger partial charge in [0.15, 0.2) is 0 Å². The van der Waals surface area contributed by atoms with Crippen molar-refractivity contribution in [3.63, 3.8) is 0 Å². The first-order chi connectivity index (χ1) is 9.75. The van der Waals surface area contributed by atoms with Crippen LogP contribution in [0.4, 0.5) is 0 Å². The third-order valence-electron chi connectivity index (χ3n) is 3.40. The quantitative estimate of drug-likeness (QED) is 0.623. The molecule has 0 spiro atoms. The van der Waals surface area contributed by atoms with Gasteiger partial charge in [0.25, 0.3) is 11.8 Å². The van der Waals surface area contributed by atoms with Gasteiger partial charge in [0.2, 0.25) is 11.4 Å². The lowest BCUT2D eigenvalue weighted by molar-refractivity contribution is -0.178. The van der Waals surface area contributed by atoms with E-state index in [0.29, 0.717) is 5.56 Å². The summed E-state index contributed by atoms with van der Waals surface area (Å²) in [7, 11) is 0. The van der Waals surface area contributed by atoms with Gasteiger partial charge in [-0.25, -0.2) is 0 Å². The Labute approximate surface area is 123 Å². The summed E-state index contributed by atoms with van der Waals surface area (Å²) in [5.41, 5.74) is -3.33. The largest absolute Gasteiger partial charge is 0.363 e. The summed E-state index contributed by atoms with van der Waals surface area (Å²) in [5.74, 6) is -1.61. The molecule has 2 amide bonds. The van der Waals surface area contributed by atoms with Gasteiger partial charge in [-0.2, -0.15) is 0 Å². The SMILES string of the molecule is CC(C)CC1(O)NC(=O)C(O)(Cc2ccccc2)NC1=O. The summed E-state index contributed by atoms with van der Waals surface area (Å²) in [6.45, 7) is 3.64. The second kappa shape index (κ2) is 5.46. The Kier molecular flexibility index (Phi) is 4.02. The van der Waals surface area contributed by atoms with E-state index in [1.807, 2.05) is 19.9 Å². The van der Waals surface area contributed by atoms with Crippen LogP contribution < -0.4 is 10.6 Å². The zero-order valence-corrected chi connectivity index (χ0v) is 12.1. The minimum absolute atomic E-state index is 0.00126. The summed E-state index contributed by atoms with van der Waals surface area (Å²) < 4.78 is 0. The molecule has 114 valence electrons. The van der Waals surface area contributed by atoms with Gasteiger partial charge in [0.1, 0.15) is 0 Å². The lowest BCUT2D eigenvalue weighted by Gasteiger charge is -2.41. The maximum Gasteiger partial charge on any atom is 0.276 e. The highest BCUT2D eigenvalue weighted by Gasteiger charge is 2.52. The van der Waals surface area contributed by atoms with Crippen LogP contribution in [0.5, 0.6) is 0 Å². The van der Waals surface area contributed by atoms with E-state index in [1.54, 1.807) is 24.3 Å². The molecule has 1 aliphatic rings. The molecule has 1 heterocycles. The van der Waals surface area contributed by atoms with Crippen LogP contribution in [-0.2, 0) is 16.0 Å². The van der Waals surface area contributed by atoms with Gasteiger partial charge in [-0.15, -0.1) is 0 Å².